The fraction of sp³-hybridized carbons (Fsp3) is 0.300. The number of esters is 2. The minimum Gasteiger partial charge on any atom is -0.454 e. The van der Waals surface area contributed by atoms with Gasteiger partial charge in [-0.15, -0.1) is 0 Å². The summed E-state index contributed by atoms with van der Waals surface area (Å²) in [5.41, 5.74) is -1.93. The Bertz CT molecular complexity index is 874. The van der Waals surface area contributed by atoms with Gasteiger partial charge in [-0.2, -0.15) is 0 Å². The number of fused-ring (bicyclic) bond motifs is 1. The molecule has 0 unspecified atom stereocenters. The highest BCUT2D eigenvalue weighted by Gasteiger charge is 2.59. The molecule has 0 amide bonds. The van der Waals surface area contributed by atoms with Crippen LogP contribution < -0.4 is 4.74 Å². The summed E-state index contributed by atoms with van der Waals surface area (Å²) in [6, 6.07) is 15.9. The van der Waals surface area contributed by atoms with E-state index in [2.05, 4.69) is 0 Å². The number of carbonyl (C=O) groups excluding carboxylic acids is 2. The number of hydrogen-bond donors (Lipinski definition) is 0. The smallest absolute Gasteiger partial charge is 0.333 e. The van der Waals surface area contributed by atoms with E-state index in [4.69, 9.17) is 44.3 Å². The molecule has 3 rings (SSSR count). The van der Waals surface area contributed by atoms with E-state index in [0.29, 0.717) is 11.3 Å². The predicted molar refractivity (Wildman–Crippen MR) is 104 cm³/mol. The first-order valence-corrected chi connectivity index (χ1v) is 9.37. The Labute approximate surface area is 172 Å². The molecule has 4 nitrogen and oxygen atoms in total. The second kappa shape index (κ2) is 7.01. The number of halogens is 3. The Kier molecular flexibility index (Phi) is 5.19. The zero-order chi connectivity index (χ0) is 19.9. The highest BCUT2D eigenvalue weighted by atomic mass is 35.6. The van der Waals surface area contributed by atoms with Gasteiger partial charge in [0.25, 0.3) is 0 Å². The number of rotatable bonds is 4. The summed E-state index contributed by atoms with van der Waals surface area (Å²) in [5, 5.41) is 0. The van der Waals surface area contributed by atoms with E-state index in [1.807, 2.05) is 30.3 Å². The molecule has 0 aromatic heterocycles. The molecule has 0 bridgehead atoms. The van der Waals surface area contributed by atoms with Crippen LogP contribution in [-0.4, -0.2) is 21.3 Å². The van der Waals surface area contributed by atoms with Gasteiger partial charge in [0, 0.05) is 12.0 Å². The Morgan fingerprint density at radius 2 is 1.63 bits per heavy atom. The Balaban J connectivity index is 2.09. The van der Waals surface area contributed by atoms with Gasteiger partial charge in [-0.05, 0) is 25.5 Å². The van der Waals surface area contributed by atoms with Crippen LogP contribution in [-0.2, 0) is 26.2 Å². The van der Waals surface area contributed by atoms with Crippen molar-refractivity contribution >= 4 is 46.7 Å². The van der Waals surface area contributed by atoms with Crippen molar-refractivity contribution in [2.75, 3.05) is 0 Å². The van der Waals surface area contributed by atoms with Gasteiger partial charge in [-0.3, -0.25) is 9.59 Å². The maximum Gasteiger partial charge on any atom is 0.333 e. The van der Waals surface area contributed by atoms with Crippen molar-refractivity contribution in [2.24, 2.45) is 0 Å². The third-order valence-electron chi connectivity index (χ3n) is 4.59. The molecule has 1 atom stereocenters. The molecule has 0 fully saturated rings. The lowest BCUT2D eigenvalue weighted by Gasteiger charge is -2.35. The molecule has 142 valence electrons. The molecule has 0 spiro atoms. The second-order valence-electron chi connectivity index (χ2n) is 6.85. The molecule has 27 heavy (non-hydrogen) atoms. The summed E-state index contributed by atoms with van der Waals surface area (Å²) in [4.78, 5) is 26.2. The Morgan fingerprint density at radius 3 is 2.26 bits per heavy atom. The lowest BCUT2D eigenvalue weighted by atomic mass is 9.76. The van der Waals surface area contributed by atoms with Crippen molar-refractivity contribution in [1.82, 2.24) is 0 Å². The van der Waals surface area contributed by atoms with Gasteiger partial charge in [-0.25, -0.2) is 0 Å². The maximum atomic E-state index is 13.3. The third kappa shape index (κ3) is 3.54. The first kappa shape index (κ1) is 20.0. The van der Waals surface area contributed by atoms with Crippen molar-refractivity contribution in [3.63, 3.8) is 0 Å². The number of ether oxygens (including phenoxy) is 2. The van der Waals surface area contributed by atoms with E-state index in [1.165, 1.54) is 13.8 Å². The van der Waals surface area contributed by atoms with Gasteiger partial charge in [-0.1, -0.05) is 83.3 Å². The zero-order valence-electron chi connectivity index (χ0n) is 14.7. The molecular weight excluding hydrogens is 411 g/mol. The van der Waals surface area contributed by atoms with Gasteiger partial charge in [0.1, 0.15) is 5.75 Å². The number of carbonyl (C=O) groups is 2. The van der Waals surface area contributed by atoms with E-state index >= 15 is 0 Å². The molecule has 2 aromatic rings. The van der Waals surface area contributed by atoms with Crippen molar-refractivity contribution in [2.45, 2.75) is 35.1 Å². The quantitative estimate of drug-likeness (QED) is 0.305. The van der Waals surface area contributed by atoms with Crippen LogP contribution in [0.1, 0.15) is 25.0 Å². The largest absolute Gasteiger partial charge is 0.454 e. The normalized spacial score (nSPS) is 19.4. The third-order valence-corrected chi connectivity index (χ3v) is 5.95. The number of benzene rings is 2. The molecule has 0 saturated carbocycles. The molecule has 0 aliphatic carbocycles. The standard InChI is InChI=1S/C20H17Cl3O4/c1-18(2,20(21,22)23)27-17(25)19(12-13-8-4-3-5-9-13)14-10-6-7-11-15(14)26-16(19)24/h3-11H,12H2,1-2H3/t19-/m0/s1. The zero-order valence-corrected chi connectivity index (χ0v) is 16.9. The second-order valence-corrected chi connectivity index (χ2v) is 9.13. The molecule has 0 N–H and O–H groups in total. The van der Waals surface area contributed by atoms with Crippen molar-refractivity contribution in [3.05, 3.63) is 65.7 Å². The van der Waals surface area contributed by atoms with Gasteiger partial charge in [0.05, 0.1) is 0 Å². The van der Waals surface area contributed by atoms with Crippen LogP contribution in [0.4, 0.5) is 0 Å². The molecule has 7 heteroatoms. The highest BCUT2D eigenvalue weighted by Crippen LogP contribution is 2.46. The molecular formula is C20H17Cl3O4. The first-order chi connectivity index (χ1) is 12.6. The minimum atomic E-state index is -1.88. The fourth-order valence-corrected chi connectivity index (χ4v) is 3.03. The summed E-state index contributed by atoms with van der Waals surface area (Å²) in [6.07, 6.45) is 0.0679. The minimum absolute atomic E-state index is 0.0679. The maximum absolute atomic E-state index is 13.3. The lowest BCUT2D eigenvalue weighted by Crippen LogP contribution is -2.51. The summed E-state index contributed by atoms with van der Waals surface area (Å²) in [7, 11) is 0. The monoisotopic (exact) mass is 426 g/mol. The lowest BCUT2D eigenvalue weighted by molar-refractivity contribution is -0.168. The molecule has 1 aliphatic rings. The average Bonchev–Trinajstić information content (AvgIpc) is 2.87. The van der Waals surface area contributed by atoms with Crippen LogP contribution in [0.25, 0.3) is 0 Å². The van der Waals surface area contributed by atoms with Crippen LogP contribution in [0.15, 0.2) is 54.6 Å². The van der Waals surface area contributed by atoms with Gasteiger partial charge < -0.3 is 9.47 Å². The Morgan fingerprint density at radius 1 is 1.04 bits per heavy atom. The number of alkyl halides is 3. The van der Waals surface area contributed by atoms with Crippen LogP contribution >= 0.6 is 34.8 Å². The fourth-order valence-electron chi connectivity index (χ4n) is 2.92. The van der Waals surface area contributed by atoms with Gasteiger partial charge in [0.2, 0.25) is 3.79 Å². The summed E-state index contributed by atoms with van der Waals surface area (Å²) >= 11 is 17.9. The van der Waals surface area contributed by atoms with Gasteiger partial charge in [0.15, 0.2) is 11.0 Å². The van der Waals surface area contributed by atoms with Crippen molar-refractivity contribution in [1.29, 1.82) is 0 Å². The van der Waals surface area contributed by atoms with E-state index in [-0.39, 0.29) is 6.42 Å². The highest BCUT2D eigenvalue weighted by molar-refractivity contribution is 6.68. The molecule has 1 heterocycles. The van der Waals surface area contributed by atoms with E-state index in [1.54, 1.807) is 24.3 Å². The molecule has 2 aromatic carbocycles. The average molecular weight is 428 g/mol. The Hall–Kier alpha value is -1.75. The van der Waals surface area contributed by atoms with Crippen LogP contribution in [0.5, 0.6) is 5.75 Å². The topological polar surface area (TPSA) is 52.6 Å². The number of para-hydroxylation sites is 1. The van der Waals surface area contributed by atoms with E-state index < -0.39 is 26.7 Å². The first-order valence-electron chi connectivity index (χ1n) is 8.24. The van der Waals surface area contributed by atoms with Crippen molar-refractivity contribution in [3.8, 4) is 5.75 Å². The van der Waals surface area contributed by atoms with Crippen molar-refractivity contribution < 1.29 is 19.1 Å². The summed E-state index contributed by atoms with van der Waals surface area (Å²) < 4.78 is 9.05. The number of hydrogen-bond acceptors (Lipinski definition) is 4. The van der Waals surface area contributed by atoms with Gasteiger partial charge >= 0.3 is 11.9 Å². The van der Waals surface area contributed by atoms with Crippen LogP contribution in [0, 0.1) is 0 Å². The SMILES string of the molecule is CC(C)(OC(=O)[C@]1(Cc2ccccc2)C(=O)Oc2ccccc21)C(Cl)(Cl)Cl. The predicted octanol–water partition coefficient (Wildman–Crippen LogP) is 4.78. The molecule has 0 saturated heterocycles. The van der Waals surface area contributed by atoms with Crippen LogP contribution in [0.2, 0.25) is 0 Å². The molecule has 1 aliphatic heterocycles. The van der Waals surface area contributed by atoms with Crippen LogP contribution in [0.3, 0.4) is 0 Å². The summed E-state index contributed by atoms with van der Waals surface area (Å²) in [5.74, 6) is -1.21. The van der Waals surface area contributed by atoms with E-state index in [9.17, 15) is 9.59 Å². The van der Waals surface area contributed by atoms with E-state index in [0.717, 1.165) is 5.56 Å². The summed E-state index contributed by atoms with van der Waals surface area (Å²) in [6.45, 7) is 2.95. The molecule has 0 radical (unpaired) electrons.